The molecule has 2 rings (SSSR count). The largest absolute Gasteiger partial charge is 0.416 e. The molecule has 0 aromatic heterocycles. The minimum Gasteiger partial charge on any atom is -0.166 e. The normalized spacial score (nSPS) is 12.3. The van der Waals surface area contributed by atoms with Gasteiger partial charge in [0.2, 0.25) is 6.71 Å². The lowest BCUT2D eigenvalue weighted by atomic mass is 9.42. The standard InChI is InChI=1S/C15H11BF6/c1-16(12-6-2-4-10(8-12)14(17,18)19)13-7-3-5-11(9-13)15(20,21)22/h2-9H,1H3. The van der Waals surface area contributed by atoms with Crippen molar-refractivity contribution in [1.82, 2.24) is 0 Å². The molecule has 0 unspecified atom stereocenters. The van der Waals surface area contributed by atoms with E-state index < -0.39 is 30.2 Å². The van der Waals surface area contributed by atoms with Gasteiger partial charge in [-0.2, -0.15) is 26.3 Å². The molecule has 0 aliphatic heterocycles. The van der Waals surface area contributed by atoms with Gasteiger partial charge >= 0.3 is 12.4 Å². The third kappa shape index (κ3) is 3.64. The maximum Gasteiger partial charge on any atom is 0.416 e. The smallest absolute Gasteiger partial charge is 0.166 e. The summed E-state index contributed by atoms with van der Waals surface area (Å²) in [6, 6.07) is 9.24. The molecule has 0 saturated heterocycles. The van der Waals surface area contributed by atoms with Gasteiger partial charge in [-0.25, -0.2) is 0 Å². The van der Waals surface area contributed by atoms with Crippen LogP contribution >= 0.6 is 0 Å². The third-order valence-electron chi connectivity index (χ3n) is 3.43. The summed E-state index contributed by atoms with van der Waals surface area (Å²) in [6.45, 7) is 0.995. The van der Waals surface area contributed by atoms with Crippen LogP contribution in [0.3, 0.4) is 0 Å². The van der Waals surface area contributed by atoms with Gasteiger partial charge in [0.15, 0.2) is 0 Å². The molecule has 116 valence electrons. The number of alkyl halides is 6. The van der Waals surface area contributed by atoms with Gasteiger partial charge in [0.25, 0.3) is 0 Å². The number of hydrogen-bond donors (Lipinski definition) is 0. The molecule has 0 aliphatic rings. The van der Waals surface area contributed by atoms with E-state index in [9.17, 15) is 26.3 Å². The Morgan fingerprint density at radius 1 is 0.682 bits per heavy atom. The average Bonchev–Trinajstić information content (AvgIpc) is 2.45. The van der Waals surface area contributed by atoms with Crippen molar-refractivity contribution in [3.63, 3.8) is 0 Å². The highest BCUT2D eigenvalue weighted by molar-refractivity contribution is 6.84. The van der Waals surface area contributed by atoms with Crippen molar-refractivity contribution in [1.29, 1.82) is 0 Å². The molecular weight excluding hydrogens is 305 g/mol. The Morgan fingerprint density at radius 3 is 1.36 bits per heavy atom. The first-order chi connectivity index (χ1) is 10.1. The van der Waals surface area contributed by atoms with Crippen molar-refractivity contribution in [3.05, 3.63) is 59.7 Å². The average molecular weight is 316 g/mol. The van der Waals surface area contributed by atoms with E-state index in [4.69, 9.17) is 0 Å². The summed E-state index contributed by atoms with van der Waals surface area (Å²) in [4.78, 5) is 0. The van der Waals surface area contributed by atoms with E-state index in [1.807, 2.05) is 0 Å². The van der Waals surface area contributed by atoms with Gasteiger partial charge in [-0.05, 0) is 0 Å². The van der Waals surface area contributed by atoms with E-state index in [0.29, 0.717) is 10.9 Å². The zero-order valence-corrected chi connectivity index (χ0v) is 11.5. The Morgan fingerprint density at radius 2 is 1.05 bits per heavy atom. The quantitative estimate of drug-likeness (QED) is 0.581. The Kier molecular flexibility index (Phi) is 4.27. The second-order valence-corrected chi connectivity index (χ2v) is 4.97. The third-order valence-corrected chi connectivity index (χ3v) is 3.43. The minimum atomic E-state index is -4.48. The maximum atomic E-state index is 12.7. The van der Waals surface area contributed by atoms with Crippen LogP contribution in [-0.2, 0) is 12.4 Å². The molecule has 0 heterocycles. The summed E-state index contributed by atoms with van der Waals surface area (Å²) < 4.78 is 76.2. The van der Waals surface area contributed by atoms with Crippen LogP contribution in [0.4, 0.5) is 26.3 Å². The first-order valence-electron chi connectivity index (χ1n) is 6.43. The van der Waals surface area contributed by atoms with Crippen molar-refractivity contribution in [2.45, 2.75) is 19.2 Å². The van der Waals surface area contributed by atoms with E-state index >= 15 is 0 Å². The van der Waals surface area contributed by atoms with Crippen molar-refractivity contribution in [3.8, 4) is 0 Å². The monoisotopic (exact) mass is 316 g/mol. The maximum absolute atomic E-state index is 12.7. The second-order valence-electron chi connectivity index (χ2n) is 4.97. The summed E-state index contributed by atoms with van der Waals surface area (Å²) >= 11 is 0. The van der Waals surface area contributed by atoms with Gasteiger partial charge in [-0.3, -0.25) is 0 Å². The zero-order chi connectivity index (χ0) is 16.5. The van der Waals surface area contributed by atoms with Crippen LogP contribution in [0.15, 0.2) is 48.5 Å². The number of hydrogen-bond acceptors (Lipinski definition) is 0. The topological polar surface area (TPSA) is 0 Å². The molecule has 0 aliphatic carbocycles. The van der Waals surface area contributed by atoms with Gasteiger partial charge in [-0.15, -0.1) is 0 Å². The molecule has 0 bridgehead atoms. The highest BCUT2D eigenvalue weighted by Gasteiger charge is 2.32. The SMILES string of the molecule is CB(c1cccc(C(F)(F)F)c1)c1cccc(C(F)(F)F)c1. The van der Waals surface area contributed by atoms with Crippen LogP contribution < -0.4 is 10.9 Å². The summed E-state index contributed by atoms with van der Waals surface area (Å²) in [5, 5.41) is 0. The molecular formula is C15H11BF6. The van der Waals surface area contributed by atoms with Crippen LogP contribution in [0.1, 0.15) is 11.1 Å². The van der Waals surface area contributed by atoms with Gasteiger partial charge < -0.3 is 0 Å². The molecule has 2 aromatic rings. The van der Waals surface area contributed by atoms with E-state index in [2.05, 4.69) is 0 Å². The van der Waals surface area contributed by atoms with E-state index in [-0.39, 0.29) is 0 Å². The van der Waals surface area contributed by atoms with Gasteiger partial charge in [0.05, 0.1) is 11.1 Å². The number of rotatable bonds is 2. The fourth-order valence-corrected chi connectivity index (χ4v) is 2.16. The lowest BCUT2D eigenvalue weighted by molar-refractivity contribution is -0.138. The van der Waals surface area contributed by atoms with Crippen LogP contribution in [-0.4, -0.2) is 6.71 Å². The van der Waals surface area contributed by atoms with Crippen LogP contribution in [0, 0.1) is 0 Å². The fourth-order valence-electron chi connectivity index (χ4n) is 2.16. The number of halogens is 6. The van der Waals surface area contributed by atoms with Crippen molar-refractivity contribution in [2.75, 3.05) is 0 Å². The van der Waals surface area contributed by atoms with E-state index in [0.717, 1.165) is 24.3 Å². The molecule has 2 aromatic carbocycles. The minimum absolute atomic E-state index is 0.314. The van der Waals surface area contributed by atoms with E-state index in [1.54, 1.807) is 6.82 Å². The molecule has 0 N–H and O–H groups in total. The Balaban J connectivity index is 2.38. The molecule has 0 spiro atoms. The van der Waals surface area contributed by atoms with Crippen molar-refractivity contribution >= 4 is 17.6 Å². The van der Waals surface area contributed by atoms with Crippen LogP contribution in [0.5, 0.6) is 0 Å². The second kappa shape index (κ2) is 5.70. The summed E-state index contributed by atoms with van der Waals surface area (Å²) in [7, 11) is 0. The van der Waals surface area contributed by atoms with Gasteiger partial charge in [-0.1, -0.05) is 66.3 Å². The highest BCUT2D eigenvalue weighted by atomic mass is 19.4. The molecule has 7 heteroatoms. The van der Waals surface area contributed by atoms with Crippen molar-refractivity contribution in [2.24, 2.45) is 0 Å². The molecule has 0 radical (unpaired) electrons. The molecule has 22 heavy (non-hydrogen) atoms. The Bertz CT molecular complexity index is 602. The Labute approximate surface area is 123 Å². The molecule has 0 nitrogen and oxygen atoms in total. The van der Waals surface area contributed by atoms with Gasteiger partial charge in [0.1, 0.15) is 0 Å². The lowest BCUT2D eigenvalue weighted by Gasteiger charge is -2.14. The van der Waals surface area contributed by atoms with Crippen molar-refractivity contribution < 1.29 is 26.3 Å². The zero-order valence-electron chi connectivity index (χ0n) is 11.5. The highest BCUT2D eigenvalue weighted by Crippen LogP contribution is 2.29. The molecule has 0 saturated carbocycles. The van der Waals surface area contributed by atoms with Crippen LogP contribution in [0.2, 0.25) is 6.82 Å². The predicted molar refractivity (Wildman–Crippen MR) is 73.8 cm³/mol. The first kappa shape index (κ1) is 16.5. The fraction of sp³-hybridized carbons (Fsp3) is 0.200. The first-order valence-corrected chi connectivity index (χ1v) is 6.43. The Hall–Kier alpha value is -1.92. The predicted octanol–water partition coefficient (Wildman–Crippen LogP) is 3.96. The lowest BCUT2D eigenvalue weighted by Crippen LogP contribution is -2.40. The number of benzene rings is 2. The van der Waals surface area contributed by atoms with Crippen LogP contribution in [0.25, 0.3) is 0 Å². The molecule has 0 fully saturated rings. The van der Waals surface area contributed by atoms with E-state index in [1.165, 1.54) is 24.3 Å². The summed E-state index contributed by atoms with van der Waals surface area (Å²) in [6.07, 6.45) is -8.97. The van der Waals surface area contributed by atoms with Gasteiger partial charge in [0, 0.05) is 0 Å². The molecule has 0 atom stereocenters. The summed E-state index contributed by atoms with van der Waals surface area (Å²) in [5.74, 6) is 0. The summed E-state index contributed by atoms with van der Waals surface area (Å²) in [5.41, 5.74) is -1.00. The molecule has 0 amide bonds.